The van der Waals surface area contributed by atoms with Crippen molar-refractivity contribution in [1.82, 2.24) is 0 Å². The molecule has 2 aromatic carbocycles. The molecule has 0 spiro atoms. The van der Waals surface area contributed by atoms with Crippen LogP contribution < -0.4 is 8.27 Å². The average Bonchev–Trinajstić information content (AvgIpc) is 2.49. The molecule has 0 aromatic heterocycles. The molecule has 5 heteroatoms. The first-order valence-electron chi connectivity index (χ1n) is 6.48. The van der Waals surface area contributed by atoms with Crippen LogP contribution in [0, 0.1) is 0 Å². The highest BCUT2D eigenvalue weighted by Crippen LogP contribution is 2.25. The molecule has 0 aliphatic carbocycles. The van der Waals surface area contributed by atoms with E-state index in [-0.39, 0.29) is 12.4 Å². The molecular formula is C16H16INO3. The summed E-state index contributed by atoms with van der Waals surface area (Å²) in [6.45, 7) is 2.08. The maximum atomic E-state index is 10.8. The van der Waals surface area contributed by atoms with Crippen molar-refractivity contribution in [1.29, 1.82) is 0 Å². The van der Waals surface area contributed by atoms with Crippen LogP contribution in [-0.4, -0.2) is 12.4 Å². The Morgan fingerprint density at radius 2 is 1.90 bits per heavy atom. The van der Waals surface area contributed by atoms with Gasteiger partial charge in [0, 0.05) is 11.8 Å². The maximum Gasteiger partial charge on any atom is 0.155 e. The van der Waals surface area contributed by atoms with E-state index in [0.29, 0.717) is 6.61 Å². The molecule has 21 heavy (non-hydrogen) atoms. The molecule has 2 aromatic rings. The van der Waals surface area contributed by atoms with Gasteiger partial charge >= 0.3 is 0 Å². The molecule has 0 amide bonds. The maximum absolute atomic E-state index is 10.8. The van der Waals surface area contributed by atoms with Gasteiger partial charge in [0.15, 0.2) is 5.78 Å². The van der Waals surface area contributed by atoms with Crippen LogP contribution in [0.1, 0.15) is 12.5 Å². The van der Waals surface area contributed by atoms with Crippen molar-refractivity contribution in [3.63, 3.8) is 0 Å². The average molecular weight is 397 g/mol. The van der Waals surface area contributed by atoms with Gasteiger partial charge in [-0.2, -0.15) is 0 Å². The van der Waals surface area contributed by atoms with E-state index >= 15 is 0 Å². The zero-order valence-corrected chi connectivity index (χ0v) is 13.8. The standard InChI is InChI=1S/C16H16INO3/c1-12(19)10-20-11-13-5-7-15(8-6-13)21-16-4-2-3-14(9-16)18-17/h2-9,18H,10-11H2,1H3. The Morgan fingerprint density at radius 1 is 1.14 bits per heavy atom. The van der Waals surface area contributed by atoms with E-state index in [0.717, 1.165) is 22.7 Å². The summed E-state index contributed by atoms with van der Waals surface area (Å²) in [6, 6.07) is 15.4. The van der Waals surface area contributed by atoms with E-state index in [2.05, 4.69) is 26.4 Å². The minimum absolute atomic E-state index is 0.0266. The monoisotopic (exact) mass is 397 g/mol. The first kappa shape index (κ1) is 15.8. The number of ether oxygens (including phenoxy) is 2. The van der Waals surface area contributed by atoms with E-state index in [1.54, 1.807) is 0 Å². The van der Waals surface area contributed by atoms with Crippen molar-refractivity contribution in [2.24, 2.45) is 0 Å². The van der Waals surface area contributed by atoms with Crippen LogP contribution in [0.5, 0.6) is 11.5 Å². The number of carbonyl (C=O) groups is 1. The topological polar surface area (TPSA) is 47.6 Å². The molecule has 0 aliphatic rings. The second kappa shape index (κ2) is 7.99. The number of ketones is 1. The number of hydrogen-bond acceptors (Lipinski definition) is 4. The van der Waals surface area contributed by atoms with Gasteiger partial charge in [-0.25, -0.2) is 0 Å². The van der Waals surface area contributed by atoms with Gasteiger partial charge in [-0.1, -0.05) is 18.2 Å². The third-order valence-electron chi connectivity index (χ3n) is 2.68. The highest BCUT2D eigenvalue weighted by atomic mass is 127. The summed E-state index contributed by atoms with van der Waals surface area (Å²) in [7, 11) is 0. The van der Waals surface area contributed by atoms with Gasteiger partial charge in [-0.3, -0.25) is 4.79 Å². The zero-order valence-electron chi connectivity index (χ0n) is 11.6. The molecule has 0 saturated heterocycles. The molecule has 2 rings (SSSR count). The van der Waals surface area contributed by atoms with Gasteiger partial charge in [0.25, 0.3) is 0 Å². The summed E-state index contributed by atoms with van der Waals surface area (Å²) in [5, 5.41) is 0. The summed E-state index contributed by atoms with van der Waals surface area (Å²) < 4.78 is 14.1. The number of rotatable bonds is 7. The van der Waals surface area contributed by atoms with Crippen molar-refractivity contribution < 1.29 is 14.3 Å². The van der Waals surface area contributed by atoms with Gasteiger partial charge in [0.1, 0.15) is 18.1 Å². The molecule has 1 N–H and O–H groups in total. The predicted octanol–water partition coefficient (Wildman–Crippen LogP) is 4.35. The fourth-order valence-electron chi connectivity index (χ4n) is 1.72. The molecule has 0 aliphatic heterocycles. The lowest BCUT2D eigenvalue weighted by molar-refractivity contribution is -0.121. The van der Waals surface area contributed by atoms with E-state index < -0.39 is 0 Å². The van der Waals surface area contributed by atoms with Crippen LogP contribution >= 0.6 is 22.9 Å². The molecule has 4 nitrogen and oxygen atoms in total. The number of hydrogen-bond donors (Lipinski definition) is 1. The SMILES string of the molecule is CC(=O)COCc1ccc(Oc2cccc(NI)c2)cc1. The lowest BCUT2D eigenvalue weighted by atomic mass is 10.2. The van der Waals surface area contributed by atoms with Crippen molar-refractivity contribution in [3.05, 3.63) is 54.1 Å². The van der Waals surface area contributed by atoms with Gasteiger partial charge < -0.3 is 13.0 Å². The summed E-state index contributed by atoms with van der Waals surface area (Å²) in [4.78, 5) is 10.8. The van der Waals surface area contributed by atoms with Gasteiger partial charge in [-0.05, 0) is 36.8 Å². The second-order valence-electron chi connectivity index (χ2n) is 4.56. The Hall–Kier alpha value is -1.60. The van der Waals surface area contributed by atoms with Crippen molar-refractivity contribution in [2.75, 3.05) is 10.1 Å². The summed E-state index contributed by atoms with van der Waals surface area (Å²) in [5.74, 6) is 1.56. The van der Waals surface area contributed by atoms with Crippen LogP contribution in [-0.2, 0) is 16.1 Å². The third kappa shape index (κ3) is 5.35. The van der Waals surface area contributed by atoms with Crippen LogP contribution in [0.2, 0.25) is 0 Å². The fourth-order valence-corrected chi connectivity index (χ4v) is 2.06. The molecule has 0 saturated carbocycles. The predicted molar refractivity (Wildman–Crippen MR) is 90.9 cm³/mol. The van der Waals surface area contributed by atoms with Gasteiger partial charge in [0.05, 0.1) is 29.5 Å². The Kier molecular flexibility index (Phi) is 6.01. The van der Waals surface area contributed by atoms with Gasteiger partial charge in [0.2, 0.25) is 0 Å². The fraction of sp³-hybridized carbons (Fsp3) is 0.188. The number of benzene rings is 2. The molecule has 0 heterocycles. The van der Waals surface area contributed by atoms with Crippen molar-refractivity contribution >= 4 is 34.3 Å². The largest absolute Gasteiger partial charge is 0.457 e. The molecule has 0 radical (unpaired) electrons. The Balaban J connectivity index is 1.93. The van der Waals surface area contributed by atoms with Crippen LogP contribution in [0.25, 0.3) is 0 Å². The first-order chi connectivity index (χ1) is 10.2. The van der Waals surface area contributed by atoms with Gasteiger partial charge in [-0.15, -0.1) is 0 Å². The third-order valence-corrected chi connectivity index (χ3v) is 3.30. The second-order valence-corrected chi connectivity index (χ2v) is 5.10. The van der Waals surface area contributed by atoms with E-state index in [4.69, 9.17) is 9.47 Å². The quantitative estimate of drug-likeness (QED) is 0.558. The smallest absolute Gasteiger partial charge is 0.155 e. The molecular weight excluding hydrogens is 381 g/mol. The van der Waals surface area contributed by atoms with E-state index in [1.807, 2.05) is 48.5 Å². The van der Waals surface area contributed by atoms with Crippen LogP contribution in [0.3, 0.4) is 0 Å². The molecule has 110 valence electrons. The Bertz CT molecular complexity index is 599. The highest BCUT2D eigenvalue weighted by Gasteiger charge is 2.00. The highest BCUT2D eigenvalue weighted by molar-refractivity contribution is 14.1. The van der Waals surface area contributed by atoms with Crippen molar-refractivity contribution in [3.8, 4) is 11.5 Å². The number of anilines is 1. The zero-order chi connectivity index (χ0) is 15.1. The summed E-state index contributed by atoms with van der Waals surface area (Å²) in [6.07, 6.45) is 0. The lowest BCUT2D eigenvalue weighted by Gasteiger charge is -2.08. The summed E-state index contributed by atoms with van der Waals surface area (Å²) >= 11 is 2.08. The molecule has 0 unspecified atom stereocenters. The number of halogens is 1. The molecule has 0 fully saturated rings. The number of nitrogens with one attached hydrogen (secondary N) is 1. The minimum Gasteiger partial charge on any atom is -0.457 e. The number of Topliss-reactive ketones (excluding diaryl/α,β-unsaturated/α-hetero) is 1. The molecule has 0 bridgehead atoms. The lowest BCUT2D eigenvalue weighted by Crippen LogP contribution is -2.03. The van der Waals surface area contributed by atoms with Crippen LogP contribution in [0.4, 0.5) is 5.69 Å². The van der Waals surface area contributed by atoms with Crippen molar-refractivity contribution in [2.45, 2.75) is 13.5 Å². The van der Waals surface area contributed by atoms with E-state index in [1.165, 1.54) is 6.92 Å². The Morgan fingerprint density at radius 3 is 2.57 bits per heavy atom. The first-order valence-corrected chi connectivity index (χ1v) is 7.56. The number of carbonyl (C=O) groups excluding carboxylic acids is 1. The summed E-state index contributed by atoms with van der Waals surface area (Å²) in [5.41, 5.74) is 1.99. The minimum atomic E-state index is 0.0266. The Labute approximate surface area is 138 Å². The van der Waals surface area contributed by atoms with E-state index in [9.17, 15) is 4.79 Å². The van der Waals surface area contributed by atoms with Crippen LogP contribution in [0.15, 0.2) is 48.5 Å². The molecule has 0 atom stereocenters. The normalized spacial score (nSPS) is 10.2.